The molecular formula is C39H53FN4O4. The van der Waals surface area contributed by atoms with Crippen LogP contribution in [-0.4, -0.2) is 84.4 Å². The van der Waals surface area contributed by atoms with Crippen LogP contribution in [0.1, 0.15) is 76.1 Å². The number of nitrogens with zero attached hydrogens (tertiary/aromatic N) is 4. The van der Waals surface area contributed by atoms with Gasteiger partial charge in [0.1, 0.15) is 11.6 Å². The fraction of sp³-hybridized carbons (Fsp3) is 0.538. The van der Waals surface area contributed by atoms with Gasteiger partial charge in [0.05, 0.1) is 23.6 Å². The standard InChI is InChI=1S/C39H53FN4O4/c1-27-33(36(37(45)46)48-38(2,3)4)35(44-19-17-39(5,6)18-20-44)34(32(41-27)26-43-23-21-42(7)22-24-43)29-10-14-31(15-11-29)47-25-16-28-8-12-30(40)13-9-28/h8-15,36H,16-26H2,1-7H3,(H,45,46). The predicted molar refractivity (Wildman–Crippen MR) is 189 cm³/mol. The highest BCUT2D eigenvalue weighted by Crippen LogP contribution is 2.45. The van der Waals surface area contributed by atoms with Crippen molar-refractivity contribution in [3.05, 3.63) is 76.9 Å². The summed E-state index contributed by atoms with van der Waals surface area (Å²) in [6.45, 7) is 18.9. The summed E-state index contributed by atoms with van der Waals surface area (Å²) in [6, 6.07) is 14.6. The van der Waals surface area contributed by atoms with Gasteiger partial charge in [0, 0.05) is 69.1 Å². The number of benzene rings is 2. The molecule has 0 radical (unpaired) electrons. The van der Waals surface area contributed by atoms with Crippen LogP contribution in [-0.2, 0) is 22.5 Å². The lowest BCUT2D eigenvalue weighted by atomic mass is 9.81. The van der Waals surface area contributed by atoms with Crippen LogP contribution in [0.15, 0.2) is 48.5 Å². The van der Waals surface area contributed by atoms with Gasteiger partial charge in [-0.2, -0.15) is 0 Å². The number of aromatic nitrogens is 1. The first-order valence-electron chi connectivity index (χ1n) is 17.3. The summed E-state index contributed by atoms with van der Waals surface area (Å²) >= 11 is 0. The molecule has 1 atom stereocenters. The molecule has 2 fully saturated rings. The Morgan fingerprint density at radius 1 is 0.979 bits per heavy atom. The molecule has 0 bridgehead atoms. The first kappa shape index (κ1) is 35.8. The molecule has 9 heteroatoms. The third-order valence-electron chi connectivity index (χ3n) is 9.55. The van der Waals surface area contributed by atoms with Gasteiger partial charge in [-0.15, -0.1) is 0 Å². The molecule has 48 heavy (non-hydrogen) atoms. The molecular weight excluding hydrogens is 607 g/mol. The van der Waals surface area contributed by atoms with Crippen LogP contribution in [0.3, 0.4) is 0 Å². The molecule has 1 unspecified atom stereocenters. The van der Waals surface area contributed by atoms with E-state index < -0.39 is 17.7 Å². The topological polar surface area (TPSA) is 78.4 Å². The highest BCUT2D eigenvalue weighted by molar-refractivity contribution is 5.88. The van der Waals surface area contributed by atoms with Crippen molar-refractivity contribution in [1.29, 1.82) is 0 Å². The maximum atomic E-state index is 13.3. The van der Waals surface area contributed by atoms with Crippen molar-refractivity contribution < 1.29 is 23.8 Å². The number of ether oxygens (including phenoxy) is 2. The molecule has 0 saturated carbocycles. The van der Waals surface area contributed by atoms with Crippen LogP contribution < -0.4 is 9.64 Å². The van der Waals surface area contributed by atoms with E-state index in [1.54, 1.807) is 12.1 Å². The summed E-state index contributed by atoms with van der Waals surface area (Å²) in [6.07, 6.45) is 1.50. The maximum absolute atomic E-state index is 13.3. The highest BCUT2D eigenvalue weighted by Gasteiger charge is 2.37. The predicted octanol–water partition coefficient (Wildman–Crippen LogP) is 7.13. The first-order valence-corrected chi connectivity index (χ1v) is 17.3. The van der Waals surface area contributed by atoms with E-state index in [9.17, 15) is 14.3 Å². The number of piperidine rings is 1. The average molecular weight is 661 g/mol. The lowest BCUT2D eigenvalue weighted by Gasteiger charge is -2.41. The molecule has 2 saturated heterocycles. The SMILES string of the molecule is Cc1nc(CN2CCN(C)CC2)c(-c2ccc(OCCc3ccc(F)cc3)cc2)c(N2CCC(C)(C)CC2)c1C(OC(C)(C)C)C(=O)O. The summed E-state index contributed by atoms with van der Waals surface area (Å²) in [5.41, 5.74) is 5.68. The summed E-state index contributed by atoms with van der Waals surface area (Å²) in [5, 5.41) is 10.6. The number of pyridine rings is 1. The second-order valence-corrected chi connectivity index (χ2v) is 15.2. The summed E-state index contributed by atoms with van der Waals surface area (Å²) < 4.78 is 25.7. The zero-order valence-corrected chi connectivity index (χ0v) is 29.8. The summed E-state index contributed by atoms with van der Waals surface area (Å²) in [4.78, 5) is 25.4. The molecule has 0 amide bonds. The van der Waals surface area contributed by atoms with Gasteiger partial charge in [-0.25, -0.2) is 9.18 Å². The molecule has 2 aliphatic heterocycles. The molecule has 0 spiro atoms. The number of aliphatic carboxylic acids is 1. The van der Waals surface area contributed by atoms with E-state index in [1.807, 2.05) is 39.8 Å². The molecule has 260 valence electrons. The Hall–Kier alpha value is -3.53. The van der Waals surface area contributed by atoms with Gasteiger partial charge in [-0.05, 0) is 88.4 Å². The van der Waals surface area contributed by atoms with E-state index in [4.69, 9.17) is 14.5 Å². The number of anilines is 1. The van der Waals surface area contributed by atoms with Gasteiger partial charge in [0.15, 0.2) is 6.10 Å². The molecule has 2 aliphatic rings. The number of aryl methyl sites for hydroxylation is 1. The van der Waals surface area contributed by atoms with Crippen LogP contribution in [0.2, 0.25) is 0 Å². The molecule has 8 nitrogen and oxygen atoms in total. The quantitative estimate of drug-likeness (QED) is 0.233. The fourth-order valence-corrected chi connectivity index (χ4v) is 6.62. The third kappa shape index (κ3) is 9.12. The zero-order valence-electron chi connectivity index (χ0n) is 29.8. The largest absolute Gasteiger partial charge is 0.493 e. The minimum Gasteiger partial charge on any atom is -0.493 e. The van der Waals surface area contributed by atoms with Gasteiger partial charge in [-0.3, -0.25) is 9.88 Å². The number of halogens is 1. The van der Waals surface area contributed by atoms with E-state index >= 15 is 0 Å². The molecule has 5 rings (SSSR count). The van der Waals surface area contributed by atoms with E-state index in [-0.39, 0.29) is 11.2 Å². The first-order chi connectivity index (χ1) is 22.7. The van der Waals surface area contributed by atoms with E-state index in [0.29, 0.717) is 30.8 Å². The number of likely N-dealkylation sites (N-methyl/N-ethyl adjacent to an activating group) is 1. The zero-order chi connectivity index (χ0) is 34.6. The van der Waals surface area contributed by atoms with Crippen LogP contribution in [0.4, 0.5) is 10.1 Å². The Morgan fingerprint density at radius 2 is 1.60 bits per heavy atom. The Balaban J connectivity index is 1.58. The highest BCUT2D eigenvalue weighted by atomic mass is 19.1. The third-order valence-corrected chi connectivity index (χ3v) is 9.55. The average Bonchev–Trinajstić information content (AvgIpc) is 3.02. The Kier molecular flexibility index (Phi) is 11.1. The maximum Gasteiger partial charge on any atom is 0.337 e. The Bertz CT molecular complexity index is 1530. The second kappa shape index (κ2) is 14.9. The second-order valence-electron chi connectivity index (χ2n) is 15.2. The van der Waals surface area contributed by atoms with E-state index in [2.05, 4.69) is 47.7 Å². The van der Waals surface area contributed by atoms with E-state index in [0.717, 1.165) is 85.9 Å². The summed E-state index contributed by atoms with van der Waals surface area (Å²) in [5.74, 6) is -0.526. The normalized spacial score (nSPS) is 18.1. The minimum absolute atomic E-state index is 0.211. The Labute approximate surface area is 285 Å². The monoisotopic (exact) mass is 660 g/mol. The van der Waals surface area contributed by atoms with Gasteiger partial charge >= 0.3 is 5.97 Å². The van der Waals surface area contributed by atoms with Crippen molar-refractivity contribution in [2.75, 3.05) is 57.8 Å². The smallest absolute Gasteiger partial charge is 0.337 e. The minimum atomic E-state index is -1.17. The Morgan fingerprint density at radius 3 is 2.19 bits per heavy atom. The van der Waals surface area contributed by atoms with Crippen LogP contribution in [0.5, 0.6) is 5.75 Å². The molecule has 0 aliphatic carbocycles. The molecule has 2 aromatic carbocycles. The van der Waals surface area contributed by atoms with Gasteiger partial charge in [0.2, 0.25) is 0 Å². The number of carboxylic acids is 1. The van der Waals surface area contributed by atoms with Crippen LogP contribution >= 0.6 is 0 Å². The van der Waals surface area contributed by atoms with Crippen molar-refractivity contribution in [2.24, 2.45) is 5.41 Å². The van der Waals surface area contributed by atoms with Crippen molar-refractivity contribution >= 4 is 11.7 Å². The summed E-state index contributed by atoms with van der Waals surface area (Å²) in [7, 11) is 2.15. The van der Waals surface area contributed by atoms with Crippen molar-refractivity contribution in [2.45, 2.75) is 79.1 Å². The van der Waals surface area contributed by atoms with Gasteiger partial charge in [0.25, 0.3) is 0 Å². The van der Waals surface area contributed by atoms with Crippen molar-refractivity contribution in [1.82, 2.24) is 14.8 Å². The van der Waals surface area contributed by atoms with Crippen LogP contribution in [0.25, 0.3) is 11.1 Å². The molecule has 3 heterocycles. The number of hydrogen-bond donors (Lipinski definition) is 1. The molecule has 1 N–H and O–H groups in total. The number of carboxylic acid groups (broad SMARTS) is 1. The lowest BCUT2D eigenvalue weighted by Crippen LogP contribution is -2.44. The number of rotatable bonds is 11. The van der Waals surface area contributed by atoms with Crippen molar-refractivity contribution in [3.63, 3.8) is 0 Å². The van der Waals surface area contributed by atoms with Crippen molar-refractivity contribution in [3.8, 4) is 16.9 Å². The van der Waals surface area contributed by atoms with Crippen LogP contribution in [0, 0.1) is 18.2 Å². The lowest BCUT2D eigenvalue weighted by molar-refractivity contribution is -0.160. The number of carbonyl (C=O) groups is 1. The van der Waals surface area contributed by atoms with Gasteiger partial charge < -0.3 is 24.4 Å². The fourth-order valence-electron chi connectivity index (χ4n) is 6.62. The molecule has 3 aromatic rings. The van der Waals surface area contributed by atoms with E-state index in [1.165, 1.54) is 12.1 Å². The number of piperazine rings is 1. The number of hydrogen-bond acceptors (Lipinski definition) is 7. The van der Waals surface area contributed by atoms with Gasteiger partial charge in [-0.1, -0.05) is 38.1 Å². The molecule has 1 aromatic heterocycles.